The number of hydrogen-bond donors (Lipinski definition) is 1. The Morgan fingerprint density at radius 1 is 1.28 bits per heavy atom. The average Bonchev–Trinajstić information content (AvgIpc) is 2.30. The number of ether oxygens (including phenoxy) is 1. The van der Waals surface area contributed by atoms with Crippen molar-refractivity contribution < 1.29 is 4.74 Å². The number of benzene rings is 1. The first-order valence-corrected chi connectivity index (χ1v) is 7.38. The molecule has 0 unspecified atom stereocenters. The number of rotatable bonds is 6. The highest BCUT2D eigenvalue weighted by Crippen LogP contribution is 2.34. The smallest absolute Gasteiger partial charge is 0.139 e. The Kier molecular flexibility index (Phi) is 6.25. The molecule has 18 heavy (non-hydrogen) atoms. The molecule has 5 heteroatoms. The third-order valence-electron chi connectivity index (χ3n) is 2.45. The van der Waals surface area contributed by atoms with Gasteiger partial charge in [0.25, 0.3) is 0 Å². The molecule has 0 aliphatic rings. The Balaban J connectivity index is 2.66. The normalized spacial score (nSPS) is 11.7. The molecule has 0 aromatic heterocycles. The molecule has 102 valence electrons. The predicted octanol–water partition coefficient (Wildman–Crippen LogP) is 4.77. The van der Waals surface area contributed by atoms with Gasteiger partial charge in [-0.1, -0.05) is 44.0 Å². The van der Waals surface area contributed by atoms with Gasteiger partial charge in [-0.05, 0) is 28.5 Å². The Morgan fingerprint density at radius 3 is 2.56 bits per heavy atom. The van der Waals surface area contributed by atoms with E-state index in [4.69, 9.17) is 27.9 Å². The van der Waals surface area contributed by atoms with Crippen LogP contribution >= 0.6 is 39.1 Å². The monoisotopic (exact) mass is 353 g/mol. The van der Waals surface area contributed by atoms with Crippen LogP contribution in [-0.4, -0.2) is 19.7 Å². The van der Waals surface area contributed by atoms with Crippen LogP contribution in [0, 0.1) is 5.41 Å². The van der Waals surface area contributed by atoms with Gasteiger partial charge in [0.2, 0.25) is 0 Å². The maximum atomic E-state index is 6.11. The van der Waals surface area contributed by atoms with Crippen LogP contribution in [0.4, 0.5) is 0 Å². The molecule has 0 heterocycles. The number of halogens is 3. The van der Waals surface area contributed by atoms with Gasteiger partial charge in [-0.2, -0.15) is 0 Å². The Hall–Kier alpha value is 0.0400. The average molecular weight is 355 g/mol. The largest absolute Gasteiger partial charge is 0.491 e. The predicted molar refractivity (Wildman–Crippen MR) is 82.0 cm³/mol. The maximum Gasteiger partial charge on any atom is 0.139 e. The molecule has 0 bridgehead atoms. The second-order valence-corrected chi connectivity index (χ2v) is 6.60. The van der Waals surface area contributed by atoms with E-state index in [1.54, 1.807) is 12.1 Å². The van der Waals surface area contributed by atoms with Crippen molar-refractivity contribution in [3.05, 3.63) is 26.7 Å². The summed E-state index contributed by atoms with van der Waals surface area (Å²) in [5.41, 5.74) is 0.0406. The fraction of sp³-hybridized carbons (Fsp3) is 0.538. The fourth-order valence-electron chi connectivity index (χ4n) is 1.40. The van der Waals surface area contributed by atoms with Gasteiger partial charge in [0.1, 0.15) is 5.75 Å². The van der Waals surface area contributed by atoms with Crippen LogP contribution in [0.15, 0.2) is 16.6 Å². The lowest BCUT2D eigenvalue weighted by Crippen LogP contribution is -2.34. The first-order valence-electron chi connectivity index (χ1n) is 5.84. The molecule has 0 fully saturated rings. The summed E-state index contributed by atoms with van der Waals surface area (Å²) in [5, 5.41) is 4.47. The lowest BCUT2D eigenvalue weighted by atomic mass is 9.95. The molecule has 0 saturated carbocycles. The van der Waals surface area contributed by atoms with Crippen LogP contribution < -0.4 is 10.1 Å². The van der Waals surface area contributed by atoms with Gasteiger partial charge in [-0.3, -0.25) is 0 Å². The highest BCUT2D eigenvalue weighted by atomic mass is 79.9. The van der Waals surface area contributed by atoms with E-state index < -0.39 is 0 Å². The second kappa shape index (κ2) is 6.99. The van der Waals surface area contributed by atoms with Gasteiger partial charge in [0, 0.05) is 22.5 Å². The lowest BCUT2D eigenvalue weighted by molar-refractivity contribution is 0.177. The molecule has 0 aliphatic heterocycles. The van der Waals surface area contributed by atoms with Gasteiger partial charge in [-0.15, -0.1) is 0 Å². The minimum Gasteiger partial charge on any atom is -0.491 e. The second-order valence-electron chi connectivity index (χ2n) is 4.93. The van der Waals surface area contributed by atoms with Gasteiger partial charge in [-0.25, -0.2) is 0 Å². The molecule has 0 radical (unpaired) electrons. The highest BCUT2D eigenvalue weighted by Gasteiger charge is 2.19. The Bertz CT molecular complexity index is 410. The Morgan fingerprint density at radius 2 is 1.94 bits per heavy atom. The van der Waals surface area contributed by atoms with E-state index in [9.17, 15) is 0 Å². The van der Waals surface area contributed by atoms with Crippen molar-refractivity contribution in [1.82, 2.24) is 5.32 Å². The molecular weight excluding hydrogens is 337 g/mol. The molecule has 0 amide bonds. The van der Waals surface area contributed by atoms with Crippen molar-refractivity contribution in [2.24, 2.45) is 5.41 Å². The minimum absolute atomic E-state index is 0.0406. The molecule has 1 aromatic rings. The molecule has 1 rings (SSSR count). The summed E-state index contributed by atoms with van der Waals surface area (Å²) in [5.74, 6) is 0.620. The maximum absolute atomic E-state index is 6.11. The van der Waals surface area contributed by atoms with Gasteiger partial charge in [0.05, 0.1) is 16.7 Å². The zero-order chi connectivity index (χ0) is 13.8. The molecular formula is C13H18BrCl2NO. The van der Waals surface area contributed by atoms with Crippen LogP contribution in [0.3, 0.4) is 0 Å². The van der Waals surface area contributed by atoms with Crippen LogP contribution in [0.5, 0.6) is 5.75 Å². The Labute approximate surface area is 127 Å². The summed E-state index contributed by atoms with van der Waals surface area (Å²) in [6.07, 6.45) is 0. The summed E-state index contributed by atoms with van der Waals surface area (Å²) in [4.78, 5) is 0. The van der Waals surface area contributed by atoms with E-state index in [-0.39, 0.29) is 5.41 Å². The summed E-state index contributed by atoms with van der Waals surface area (Å²) in [6, 6.07) is 3.48. The van der Waals surface area contributed by atoms with Crippen LogP contribution in [0.25, 0.3) is 0 Å². The first-order chi connectivity index (χ1) is 8.35. The van der Waals surface area contributed by atoms with Gasteiger partial charge in [0.15, 0.2) is 0 Å². The number of nitrogens with one attached hydrogen (secondary N) is 1. The van der Waals surface area contributed by atoms with Gasteiger partial charge < -0.3 is 10.1 Å². The SMILES string of the molecule is CCNCC(C)(C)COc1cc(Cl)c(Br)cc1Cl. The summed E-state index contributed by atoms with van der Waals surface area (Å²) in [7, 11) is 0. The van der Waals surface area contributed by atoms with Crippen molar-refractivity contribution >= 4 is 39.1 Å². The van der Waals surface area contributed by atoms with Crippen LogP contribution in [0.1, 0.15) is 20.8 Å². The van der Waals surface area contributed by atoms with Crippen molar-refractivity contribution in [3.8, 4) is 5.75 Å². The first kappa shape index (κ1) is 16.1. The molecule has 0 spiro atoms. The molecule has 0 aliphatic carbocycles. The molecule has 0 atom stereocenters. The zero-order valence-corrected chi connectivity index (χ0v) is 13.9. The lowest BCUT2D eigenvalue weighted by Gasteiger charge is -2.25. The van der Waals surface area contributed by atoms with E-state index >= 15 is 0 Å². The van der Waals surface area contributed by atoms with Crippen molar-refractivity contribution in [2.75, 3.05) is 19.7 Å². The van der Waals surface area contributed by atoms with Crippen LogP contribution in [0.2, 0.25) is 10.0 Å². The fourth-order valence-corrected chi connectivity index (χ4v) is 2.25. The van der Waals surface area contributed by atoms with Crippen molar-refractivity contribution in [2.45, 2.75) is 20.8 Å². The molecule has 1 aromatic carbocycles. The molecule has 0 saturated heterocycles. The van der Waals surface area contributed by atoms with Crippen molar-refractivity contribution in [3.63, 3.8) is 0 Å². The quantitative estimate of drug-likeness (QED) is 0.743. The van der Waals surface area contributed by atoms with Gasteiger partial charge >= 0.3 is 0 Å². The van der Waals surface area contributed by atoms with E-state index in [1.165, 1.54) is 0 Å². The molecule has 2 nitrogen and oxygen atoms in total. The highest BCUT2D eigenvalue weighted by molar-refractivity contribution is 9.10. The van der Waals surface area contributed by atoms with E-state index in [2.05, 4.69) is 42.0 Å². The summed E-state index contributed by atoms with van der Waals surface area (Å²) >= 11 is 15.5. The third kappa shape index (κ3) is 4.96. The topological polar surface area (TPSA) is 21.3 Å². The standard InChI is InChI=1S/C13H18BrCl2NO/c1-4-17-7-13(2,3)8-18-12-6-10(15)9(14)5-11(12)16/h5-6,17H,4,7-8H2,1-3H3. The minimum atomic E-state index is 0.0406. The zero-order valence-electron chi connectivity index (χ0n) is 10.8. The number of hydrogen-bond acceptors (Lipinski definition) is 2. The molecule has 1 N–H and O–H groups in total. The van der Waals surface area contributed by atoms with E-state index in [0.717, 1.165) is 17.6 Å². The van der Waals surface area contributed by atoms with Crippen LogP contribution in [-0.2, 0) is 0 Å². The van der Waals surface area contributed by atoms with E-state index in [1.807, 2.05) is 0 Å². The summed E-state index contributed by atoms with van der Waals surface area (Å²) in [6.45, 7) is 8.80. The van der Waals surface area contributed by atoms with E-state index in [0.29, 0.717) is 22.4 Å². The third-order valence-corrected chi connectivity index (χ3v) is 3.94. The van der Waals surface area contributed by atoms with Crippen molar-refractivity contribution in [1.29, 1.82) is 0 Å². The summed E-state index contributed by atoms with van der Waals surface area (Å²) < 4.78 is 6.53.